The van der Waals surface area contributed by atoms with Gasteiger partial charge in [-0.15, -0.1) is 0 Å². The Bertz CT molecular complexity index is 1200. The average Bonchev–Trinajstić information content (AvgIpc) is 3.32. The number of aromatic nitrogens is 4. The number of halogens is 2. The lowest BCUT2D eigenvalue weighted by Gasteiger charge is -2.21. The van der Waals surface area contributed by atoms with Gasteiger partial charge in [-0.2, -0.15) is 0 Å². The molecule has 4 aromatic rings. The van der Waals surface area contributed by atoms with Crippen molar-refractivity contribution in [2.45, 2.75) is 65.8 Å². The van der Waals surface area contributed by atoms with Gasteiger partial charge in [0, 0.05) is 22.0 Å². The molecule has 0 saturated heterocycles. The minimum absolute atomic E-state index is 0.463. The summed E-state index contributed by atoms with van der Waals surface area (Å²) in [5.74, 6) is 1.92. The molecule has 0 saturated carbocycles. The number of fused-ring (bicyclic) bond motifs is 2. The molecule has 0 aliphatic heterocycles. The second-order valence-electron chi connectivity index (χ2n) is 9.76. The van der Waals surface area contributed by atoms with E-state index in [0.29, 0.717) is 36.6 Å². The number of aliphatic hydroxyl groups excluding tert-OH is 2. The summed E-state index contributed by atoms with van der Waals surface area (Å²) in [6.07, 6.45) is -0.545. The lowest BCUT2D eigenvalue weighted by Crippen LogP contribution is -2.20. The summed E-state index contributed by atoms with van der Waals surface area (Å²) in [6.45, 7) is 10.1. The van der Waals surface area contributed by atoms with Crippen molar-refractivity contribution in [3.05, 3.63) is 57.0 Å². The van der Waals surface area contributed by atoms with Crippen LogP contribution in [0.2, 0.25) is 0 Å². The summed E-state index contributed by atoms with van der Waals surface area (Å²) in [5, 5.41) is 22.9. The fourth-order valence-corrected chi connectivity index (χ4v) is 4.91. The number of hydrogen-bond acceptors (Lipinski definition) is 4. The Hall–Kier alpha value is -1.74. The summed E-state index contributed by atoms with van der Waals surface area (Å²) in [6, 6.07) is 11.8. The van der Waals surface area contributed by atoms with E-state index in [2.05, 4.69) is 59.6 Å². The van der Waals surface area contributed by atoms with E-state index in [1.807, 2.05) is 45.5 Å². The molecular formula is C26H32Br2N4O2. The van der Waals surface area contributed by atoms with Crippen molar-refractivity contribution in [2.75, 3.05) is 0 Å². The molecule has 6 nitrogen and oxygen atoms in total. The van der Waals surface area contributed by atoms with E-state index in [-0.39, 0.29) is 0 Å². The predicted octanol–water partition coefficient (Wildman–Crippen LogP) is 6.77. The summed E-state index contributed by atoms with van der Waals surface area (Å²) >= 11 is 7.10. The van der Waals surface area contributed by atoms with Crippen LogP contribution in [0.1, 0.15) is 64.4 Å². The number of imidazole rings is 2. The average molecular weight is 592 g/mol. The summed E-state index contributed by atoms with van der Waals surface area (Å²) < 4.78 is 5.97. The van der Waals surface area contributed by atoms with Crippen LogP contribution in [-0.4, -0.2) is 29.3 Å². The fourth-order valence-electron chi connectivity index (χ4n) is 4.21. The fraction of sp³-hybridized carbons (Fsp3) is 0.462. The van der Waals surface area contributed by atoms with Crippen LogP contribution in [0.5, 0.6) is 0 Å². The third-order valence-electron chi connectivity index (χ3n) is 6.17. The van der Waals surface area contributed by atoms with E-state index < -0.39 is 12.2 Å². The molecule has 2 atom stereocenters. The van der Waals surface area contributed by atoms with Gasteiger partial charge >= 0.3 is 0 Å². The first-order chi connectivity index (χ1) is 16.2. The maximum absolute atomic E-state index is 11.4. The predicted molar refractivity (Wildman–Crippen MR) is 144 cm³/mol. The van der Waals surface area contributed by atoms with E-state index in [1.165, 1.54) is 0 Å². The van der Waals surface area contributed by atoms with Crippen LogP contribution in [-0.2, 0) is 13.1 Å². The molecule has 0 bridgehead atoms. The van der Waals surface area contributed by atoms with Crippen molar-refractivity contribution in [2.24, 2.45) is 11.8 Å². The second-order valence-corrected chi connectivity index (χ2v) is 11.6. The van der Waals surface area contributed by atoms with E-state index in [1.54, 1.807) is 0 Å². The molecule has 2 unspecified atom stereocenters. The number of nitrogens with zero attached hydrogens (tertiary/aromatic N) is 4. The van der Waals surface area contributed by atoms with Gasteiger partial charge < -0.3 is 19.3 Å². The second kappa shape index (κ2) is 10.5. The van der Waals surface area contributed by atoms with Crippen molar-refractivity contribution in [3.8, 4) is 0 Å². The molecule has 182 valence electrons. The lowest BCUT2D eigenvalue weighted by molar-refractivity contribution is 0.00272. The topological polar surface area (TPSA) is 76.1 Å². The molecule has 2 N–H and O–H groups in total. The maximum Gasteiger partial charge on any atom is 0.145 e. The molecule has 0 aliphatic carbocycles. The molecule has 2 aromatic heterocycles. The first-order valence-electron chi connectivity index (χ1n) is 11.8. The number of benzene rings is 2. The number of hydrogen-bond donors (Lipinski definition) is 2. The molecule has 2 aromatic carbocycles. The third kappa shape index (κ3) is 5.25. The highest BCUT2D eigenvalue weighted by Gasteiger charge is 2.30. The molecule has 0 radical (unpaired) electrons. The van der Waals surface area contributed by atoms with Crippen molar-refractivity contribution in [1.82, 2.24) is 19.1 Å². The number of aliphatic hydroxyl groups is 2. The van der Waals surface area contributed by atoms with Gasteiger partial charge in [0.25, 0.3) is 0 Å². The standard InChI is InChI=1S/C26H32Br2N4O2/c1-15(2)9-11-31-21-13-17(27)5-7-19(21)29-25(31)23(33)24(34)26-30-20-8-6-18(28)14-22(20)32(26)12-10-16(3)4/h5-8,13-16,23-24,33-34H,9-12H2,1-4H3. The van der Waals surface area contributed by atoms with Gasteiger partial charge in [-0.25, -0.2) is 9.97 Å². The first-order valence-corrected chi connectivity index (χ1v) is 13.4. The highest BCUT2D eigenvalue weighted by molar-refractivity contribution is 9.10. The van der Waals surface area contributed by atoms with E-state index >= 15 is 0 Å². The highest BCUT2D eigenvalue weighted by Crippen LogP contribution is 2.34. The van der Waals surface area contributed by atoms with Crippen LogP contribution < -0.4 is 0 Å². The number of rotatable bonds is 9. The zero-order chi connectivity index (χ0) is 24.6. The Morgan fingerprint density at radius 3 is 1.44 bits per heavy atom. The Morgan fingerprint density at radius 2 is 1.09 bits per heavy atom. The Kier molecular flexibility index (Phi) is 7.82. The molecule has 0 fully saturated rings. The zero-order valence-corrected chi connectivity index (χ0v) is 23.2. The molecular weight excluding hydrogens is 560 g/mol. The van der Waals surface area contributed by atoms with Gasteiger partial charge in [-0.05, 0) is 61.1 Å². The van der Waals surface area contributed by atoms with Gasteiger partial charge in [0.1, 0.15) is 23.9 Å². The molecule has 0 aliphatic rings. The van der Waals surface area contributed by atoms with Crippen molar-refractivity contribution < 1.29 is 10.2 Å². The van der Waals surface area contributed by atoms with Crippen LogP contribution in [0, 0.1) is 11.8 Å². The van der Waals surface area contributed by atoms with Crippen molar-refractivity contribution >= 4 is 53.9 Å². The van der Waals surface area contributed by atoms with Crippen LogP contribution in [0.15, 0.2) is 45.3 Å². The van der Waals surface area contributed by atoms with Gasteiger partial charge in [0.15, 0.2) is 0 Å². The molecule has 0 spiro atoms. The SMILES string of the molecule is CC(C)CCn1c(C(O)C(O)c2nc3ccc(Br)cc3n2CCC(C)C)nc2ccc(Br)cc21. The third-order valence-corrected chi connectivity index (χ3v) is 7.15. The largest absolute Gasteiger partial charge is 0.382 e. The normalized spacial score (nSPS) is 14.1. The summed E-state index contributed by atoms with van der Waals surface area (Å²) in [5.41, 5.74) is 3.47. The van der Waals surface area contributed by atoms with Crippen molar-refractivity contribution in [3.63, 3.8) is 0 Å². The van der Waals surface area contributed by atoms with Crippen molar-refractivity contribution in [1.29, 1.82) is 0 Å². The molecule has 2 heterocycles. The lowest BCUT2D eigenvalue weighted by atomic mass is 10.1. The van der Waals surface area contributed by atoms with E-state index in [0.717, 1.165) is 43.9 Å². The first kappa shape index (κ1) is 25.4. The minimum atomic E-state index is -1.21. The van der Waals surface area contributed by atoms with Gasteiger partial charge in [-0.1, -0.05) is 59.6 Å². The summed E-state index contributed by atoms with van der Waals surface area (Å²) in [4.78, 5) is 9.48. The smallest absolute Gasteiger partial charge is 0.145 e. The van der Waals surface area contributed by atoms with Gasteiger partial charge in [-0.3, -0.25) is 0 Å². The molecule has 34 heavy (non-hydrogen) atoms. The Morgan fingerprint density at radius 1 is 0.706 bits per heavy atom. The van der Waals surface area contributed by atoms with Gasteiger partial charge in [0.05, 0.1) is 22.1 Å². The van der Waals surface area contributed by atoms with Gasteiger partial charge in [0.2, 0.25) is 0 Å². The van der Waals surface area contributed by atoms with Crippen LogP contribution >= 0.6 is 31.9 Å². The quantitative estimate of drug-likeness (QED) is 0.225. The summed E-state index contributed by atoms with van der Waals surface area (Å²) in [7, 11) is 0. The molecule has 8 heteroatoms. The molecule has 4 rings (SSSR count). The van der Waals surface area contributed by atoms with E-state index in [4.69, 9.17) is 9.97 Å². The number of aryl methyl sites for hydroxylation is 2. The molecule has 0 amide bonds. The monoisotopic (exact) mass is 590 g/mol. The van der Waals surface area contributed by atoms with Crippen LogP contribution in [0.4, 0.5) is 0 Å². The maximum atomic E-state index is 11.4. The Labute approximate surface area is 217 Å². The Balaban J connectivity index is 1.78. The highest BCUT2D eigenvalue weighted by atomic mass is 79.9. The van der Waals surface area contributed by atoms with Crippen LogP contribution in [0.25, 0.3) is 22.1 Å². The van der Waals surface area contributed by atoms with Crippen LogP contribution in [0.3, 0.4) is 0 Å². The van der Waals surface area contributed by atoms with E-state index in [9.17, 15) is 10.2 Å². The minimum Gasteiger partial charge on any atom is -0.382 e. The zero-order valence-electron chi connectivity index (χ0n) is 20.0.